The summed E-state index contributed by atoms with van der Waals surface area (Å²) >= 11 is 3.32. The summed E-state index contributed by atoms with van der Waals surface area (Å²) in [5.41, 5.74) is 6.33. The van der Waals surface area contributed by atoms with Gasteiger partial charge in [0.25, 0.3) is 5.91 Å². The average molecular weight is 341 g/mol. The summed E-state index contributed by atoms with van der Waals surface area (Å²) in [5, 5.41) is 2.29. The van der Waals surface area contributed by atoms with E-state index in [1.54, 1.807) is 18.2 Å². The van der Waals surface area contributed by atoms with Crippen molar-refractivity contribution >= 4 is 33.2 Å². The van der Waals surface area contributed by atoms with Gasteiger partial charge in [0.1, 0.15) is 5.69 Å². The van der Waals surface area contributed by atoms with Gasteiger partial charge < -0.3 is 11.1 Å². The summed E-state index contributed by atoms with van der Waals surface area (Å²) in [7, 11) is 0. The van der Waals surface area contributed by atoms with Crippen LogP contribution in [-0.2, 0) is 0 Å². The molecule has 1 amide bonds. The van der Waals surface area contributed by atoms with Crippen molar-refractivity contribution in [3.63, 3.8) is 0 Å². The molecule has 2 rings (SSSR count). The molecule has 3 nitrogen and oxygen atoms in total. The van der Waals surface area contributed by atoms with Crippen LogP contribution in [0.15, 0.2) is 34.8 Å². The van der Waals surface area contributed by atoms with Crippen LogP contribution >= 0.6 is 15.9 Å². The Morgan fingerprint density at radius 1 is 1.25 bits per heavy atom. The van der Waals surface area contributed by atoms with E-state index in [1.807, 2.05) is 6.92 Å². The second kappa shape index (κ2) is 5.58. The van der Waals surface area contributed by atoms with Crippen molar-refractivity contribution in [1.82, 2.24) is 0 Å². The number of nitrogens with one attached hydrogen (secondary N) is 1. The fourth-order valence-electron chi connectivity index (χ4n) is 1.66. The Hall–Kier alpha value is -1.95. The second-order valence-electron chi connectivity index (χ2n) is 4.24. The number of rotatable bonds is 2. The number of nitrogen functional groups attached to an aromatic ring is 1. The second-order valence-corrected chi connectivity index (χ2v) is 5.10. The molecule has 0 fully saturated rings. The molecule has 0 radical (unpaired) electrons. The summed E-state index contributed by atoms with van der Waals surface area (Å²) in [6.07, 6.45) is 0. The zero-order valence-electron chi connectivity index (χ0n) is 10.5. The number of carbonyl (C=O) groups excluding carboxylic acids is 1. The van der Waals surface area contributed by atoms with Crippen molar-refractivity contribution in [1.29, 1.82) is 0 Å². The number of hydrogen-bond acceptors (Lipinski definition) is 2. The predicted molar refractivity (Wildman–Crippen MR) is 77.6 cm³/mol. The molecule has 0 aliphatic heterocycles. The zero-order valence-corrected chi connectivity index (χ0v) is 12.1. The fraction of sp³-hybridized carbons (Fsp3) is 0.0714. The maximum atomic E-state index is 13.6. The molecule has 0 spiro atoms. The van der Waals surface area contributed by atoms with Crippen LogP contribution in [-0.4, -0.2) is 5.91 Å². The standard InChI is InChI=1S/C14H11BrF2N2O/c1-7-6-8(2-3-9(7)15)14(20)19-13-11(18)5-4-10(16)12(13)17/h2-6H,18H2,1H3,(H,19,20). The molecule has 20 heavy (non-hydrogen) atoms. The van der Waals surface area contributed by atoms with Gasteiger partial charge in [0, 0.05) is 10.0 Å². The van der Waals surface area contributed by atoms with E-state index in [0.29, 0.717) is 5.56 Å². The van der Waals surface area contributed by atoms with Crippen LogP contribution in [0.5, 0.6) is 0 Å². The normalized spacial score (nSPS) is 10.4. The monoisotopic (exact) mass is 340 g/mol. The highest BCUT2D eigenvalue weighted by Gasteiger charge is 2.15. The maximum absolute atomic E-state index is 13.6. The third-order valence-electron chi connectivity index (χ3n) is 2.79. The smallest absolute Gasteiger partial charge is 0.255 e. The molecule has 104 valence electrons. The Balaban J connectivity index is 2.32. The molecular formula is C14H11BrF2N2O. The van der Waals surface area contributed by atoms with E-state index in [2.05, 4.69) is 21.2 Å². The molecule has 0 saturated heterocycles. The molecule has 0 unspecified atom stereocenters. The van der Waals surface area contributed by atoms with Gasteiger partial charge in [0.15, 0.2) is 11.6 Å². The number of anilines is 2. The van der Waals surface area contributed by atoms with Crippen molar-refractivity contribution in [2.24, 2.45) is 0 Å². The lowest BCUT2D eigenvalue weighted by molar-refractivity contribution is 0.102. The van der Waals surface area contributed by atoms with E-state index < -0.39 is 17.5 Å². The number of nitrogens with two attached hydrogens (primary N) is 1. The molecule has 0 aromatic heterocycles. The van der Waals surface area contributed by atoms with Gasteiger partial charge in [-0.25, -0.2) is 8.78 Å². The fourth-order valence-corrected chi connectivity index (χ4v) is 1.91. The third-order valence-corrected chi connectivity index (χ3v) is 3.68. The van der Waals surface area contributed by atoms with Gasteiger partial charge in [-0.2, -0.15) is 0 Å². The lowest BCUT2D eigenvalue weighted by atomic mass is 10.1. The first-order chi connectivity index (χ1) is 9.40. The highest BCUT2D eigenvalue weighted by Crippen LogP contribution is 2.25. The first kappa shape index (κ1) is 14.5. The molecule has 6 heteroatoms. The molecule has 0 saturated carbocycles. The molecule has 3 N–H and O–H groups in total. The molecule has 2 aromatic rings. The Morgan fingerprint density at radius 3 is 2.60 bits per heavy atom. The van der Waals surface area contributed by atoms with Crippen LogP contribution in [0.2, 0.25) is 0 Å². The molecule has 0 heterocycles. The van der Waals surface area contributed by atoms with Crippen LogP contribution in [0.3, 0.4) is 0 Å². The lowest BCUT2D eigenvalue weighted by Gasteiger charge is -2.10. The van der Waals surface area contributed by atoms with Gasteiger partial charge in [-0.3, -0.25) is 4.79 Å². The van der Waals surface area contributed by atoms with E-state index in [-0.39, 0.29) is 11.4 Å². The highest BCUT2D eigenvalue weighted by atomic mass is 79.9. The molecule has 0 aliphatic carbocycles. The van der Waals surface area contributed by atoms with Crippen LogP contribution in [0.25, 0.3) is 0 Å². The van der Waals surface area contributed by atoms with Crippen LogP contribution in [0.4, 0.5) is 20.2 Å². The summed E-state index contributed by atoms with van der Waals surface area (Å²) in [5.74, 6) is -2.80. The average Bonchev–Trinajstić information content (AvgIpc) is 2.42. The van der Waals surface area contributed by atoms with Gasteiger partial charge in [-0.15, -0.1) is 0 Å². The van der Waals surface area contributed by atoms with E-state index in [1.165, 1.54) is 6.07 Å². The van der Waals surface area contributed by atoms with Gasteiger partial charge in [0.2, 0.25) is 0 Å². The van der Waals surface area contributed by atoms with E-state index in [9.17, 15) is 13.6 Å². The Labute approximate surface area is 122 Å². The SMILES string of the molecule is Cc1cc(C(=O)Nc2c(N)ccc(F)c2F)ccc1Br. The molecule has 0 bridgehead atoms. The number of aryl methyl sites for hydroxylation is 1. The highest BCUT2D eigenvalue weighted by molar-refractivity contribution is 9.10. The van der Waals surface area contributed by atoms with Crippen LogP contribution in [0, 0.1) is 18.6 Å². The Bertz CT molecular complexity index is 689. The predicted octanol–water partition coefficient (Wildman–Crippen LogP) is 3.87. The van der Waals surface area contributed by atoms with Crippen molar-refractivity contribution in [3.05, 3.63) is 57.6 Å². The quantitative estimate of drug-likeness (QED) is 0.815. The molecule has 0 atom stereocenters. The minimum atomic E-state index is -1.17. The maximum Gasteiger partial charge on any atom is 0.255 e. The van der Waals surface area contributed by atoms with E-state index >= 15 is 0 Å². The van der Waals surface area contributed by atoms with Crippen molar-refractivity contribution in [2.45, 2.75) is 6.92 Å². The summed E-state index contributed by atoms with van der Waals surface area (Å²) in [4.78, 5) is 12.0. The van der Waals surface area contributed by atoms with E-state index in [0.717, 1.165) is 16.1 Å². The van der Waals surface area contributed by atoms with Gasteiger partial charge >= 0.3 is 0 Å². The Kier molecular flexibility index (Phi) is 4.04. The number of benzene rings is 2. The topological polar surface area (TPSA) is 55.1 Å². The molecular weight excluding hydrogens is 330 g/mol. The number of hydrogen-bond donors (Lipinski definition) is 2. The zero-order chi connectivity index (χ0) is 14.9. The summed E-state index contributed by atoms with van der Waals surface area (Å²) < 4.78 is 27.6. The largest absolute Gasteiger partial charge is 0.397 e. The number of halogens is 3. The summed E-state index contributed by atoms with van der Waals surface area (Å²) in [6, 6.07) is 7.01. The van der Waals surface area contributed by atoms with E-state index in [4.69, 9.17) is 5.73 Å². The van der Waals surface area contributed by atoms with Gasteiger partial charge in [-0.05, 0) is 42.8 Å². The number of amides is 1. The molecule has 2 aromatic carbocycles. The molecule has 0 aliphatic rings. The lowest BCUT2D eigenvalue weighted by Crippen LogP contribution is -2.15. The van der Waals surface area contributed by atoms with Crippen LogP contribution in [0.1, 0.15) is 15.9 Å². The minimum Gasteiger partial charge on any atom is -0.397 e. The number of carbonyl (C=O) groups is 1. The van der Waals surface area contributed by atoms with Gasteiger partial charge in [-0.1, -0.05) is 15.9 Å². The first-order valence-corrected chi connectivity index (χ1v) is 6.50. The minimum absolute atomic E-state index is 0.0360. The summed E-state index contributed by atoms with van der Waals surface area (Å²) in [6.45, 7) is 1.82. The first-order valence-electron chi connectivity index (χ1n) is 5.71. The Morgan fingerprint density at radius 2 is 1.95 bits per heavy atom. The van der Waals surface area contributed by atoms with Gasteiger partial charge in [0.05, 0.1) is 5.69 Å². The van der Waals surface area contributed by atoms with Crippen molar-refractivity contribution < 1.29 is 13.6 Å². The van der Waals surface area contributed by atoms with Crippen molar-refractivity contribution in [2.75, 3.05) is 11.1 Å². The van der Waals surface area contributed by atoms with Crippen molar-refractivity contribution in [3.8, 4) is 0 Å². The van der Waals surface area contributed by atoms with Crippen LogP contribution < -0.4 is 11.1 Å². The third kappa shape index (κ3) is 2.80.